The summed E-state index contributed by atoms with van der Waals surface area (Å²) < 4.78 is 4.96. The van der Waals surface area contributed by atoms with Gasteiger partial charge in [0, 0.05) is 6.04 Å². The predicted molar refractivity (Wildman–Crippen MR) is 85.8 cm³/mol. The van der Waals surface area contributed by atoms with Gasteiger partial charge in [-0.15, -0.1) is 0 Å². The van der Waals surface area contributed by atoms with Gasteiger partial charge >= 0.3 is 6.03 Å². The van der Waals surface area contributed by atoms with Crippen LogP contribution in [-0.2, 0) is 6.54 Å². The third kappa shape index (κ3) is 4.31. The normalized spacial score (nSPS) is 20.9. The first kappa shape index (κ1) is 15.5. The van der Waals surface area contributed by atoms with E-state index in [0.29, 0.717) is 17.6 Å². The van der Waals surface area contributed by atoms with Crippen LogP contribution in [0.5, 0.6) is 0 Å². The molecular formula is C17H22N4O2. The van der Waals surface area contributed by atoms with Crippen LogP contribution in [-0.4, -0.2) is 22.2 Å². The SMILES string of the molecule is Cc1noc(CNC(=O)NC2CCC(c3ccccc3)CC2)n1. The number of hydrogen-bond donors (Lipinski definition) is 2. The second kappa shape index (κ2) is 7.26. The number of amides is 2. The summed E-state index contributed by atoms with van der Waals surface area (Å²) in [4.78, 5) is 16.0. The van der Waals surface area contributed by atoms with Gasteiger partial charge < -0.3 is 15.2 Å². The summed E-state index contributed by atoms with van der Waals surface area (Å²) in [6.07, 6.45) is 4.23. The molecule has 23 heavy (non-hydrogen) atoms. The molecule has 1 aliphatic carbocycles. The number of carbonyl (C=O) groups is 1. The van der Waals surface area contributed by atoms with E-state index < -0.39 is 0 Å². The van der Waals surface area contributed by atoms with E-state index in [1.54, 1.807) is 6.92 Å². The van der Waals surface area contributed by atoms with E-state index in [4.69, 9.17) is 4.52 Å². The Morgan fingerprint density at radius 2 is 1.96 bits per heavy atom. The zero-order chi connectivity index (χ0) is 16.1. The Kier molecular flexibility index (Phi) is 4.90. The zero-order valence-electron chi connectivity index (χ0n) is 13.3. The zero-order valence-corrected chi connectivity index (χ0v) is 13.3. The van der Waals surface area contributed by atoms with Crippen LogP contribution in [0.3, 0.4) is 0 Å². The molecular weight excluding hydrogens is 292 g/mol. The molecule has 1 heterocycles. The van der Waals surface area contributed by atoms with Gasteiger partial charge in [0.2, 0.25) is 5.89 Å². The van der Waals surface area contributed by atoms with Gasteiger partial charge in [-0.1, -0.05) is 35.5 Å². The van der Waals surface area contributed by atoms with Gasteiger partial charge in [-0.2, -0.15) is 4.98 Å². The first-order chi connectivity index (χ1) is 11.2. The Hall–Kier alpha value is -2.37. The second-order valence-corrected chi connectivity index (χ2v) is 6.02. The molecule has 0 aliphatic heterocycles. The lowest BCUT2D eigenvalue weighted by atomic mass is 9.82. The maximum Gasteiger partial charge on any atom is 0.315 e. The summed E-state index contributed by atoms with van der Waals surface area (Å²) in [5.74, 6) is 1.60. The summed E-state index contributed by atoms with van der Waals surface area (Å²) in [6.45, 7) is 2.00. The summed E-state index contributed by atoms with van der Waals surface area (Å²) in [7, 11) is 0. The van der Waals surface area contributed by atoms with Gasteiger partial charge in [0.1, 0.15) is 0 Å². The predicted octanol–water partition coefficient (Wildman–Crippen LogP) is 2.90. The molecule has 2 N–H and O–H groups in total. The molecule has 6 heteroatoms. The fourth-order valence-corrected chi connectivity index (χ4v) is 3.10. The Morgan fingerprint density at radius 1 is 1.22 bits per heavy atom. The van der Waals surface area contributed by atoms with Crippen molar-refractivity contribution >= 4 is 6.03 Å². The van der Waals surface area contributed by atoms with Crippen LogP contribution in [0, 0.1) is 6.92 Å². The minimum atomic E-state index is -0.177. The number of carbonyl (C=O) groups excluding carboxylic acids is 1. The third-order valence-electron chi connectivity index (χ3n) is 4.30. The van der Waals surface area contributed by atoms with Crippen molar-refractivity contribution in [2.45, 2.75) is 51.1 Å². The first-order valence-corrected chi connectivity index (χ1v) is 8.09. The topological polar surface area (TPSA) is 80.0 Å². The lowest BCUT2D eigenvalue weighted by Crippen LogP contribution is -2.43. The number of aryl methyl sites for hydroxylation is 1. The lowest BCUT2D eigenvalue weighted by Gasteiger charge is -2.29. The molecule has 0 atom stereocenters. The van der Waals surface area contributed by atoms with E-state index in [0.717, 1.165) is 25.7 Å². The Bertz CT molecular complexity index is 633. The summed E-state index contributed by atoms with van der Waals surface area (Å²) >= 11 is 0. The monoisotopic (exact) mass is 314 g/mol. The van der Waals surface area contributed by atoms with Crippen LogP contribution in [0.4, 0.5) is 4.79 Å². The van der Waals surface area contributed by atoms with Crippen LogP contribution in [0.25, 0.3) is 0 Å². The molecule has 3 rings (SSSR count). The van der Waals surface area contributed by atoms with E-state index in [-0.39, 0.29) is 18.6 Å². The van der Waals surface area contributed by atoms with E-state index in [9.17, 15) is 4.79 Å². The van der Waals surface area contributed by atoms with E-state index in [1.807, 2.05) is 6.07 Å². The van der Waals surface area contributed by atoms with E-state index in [1.165, 1.54) is 5.56 Å². The number of benzene rings is 1. The van der Waals surface area contributed by atoms with Gasteiger partial charge in [0.05, 0.1) is 6.54 Å². The maximum atomic E-state index is 11.9. The Labute approximate surface area is 135 Å². The molecule has 2 aromatic rings. The Morgan fingerprint density at radius 3 is 2.61 bits per heavy atom. The van der Waals surface area contributed by atoms with Crippen LogP contribution in [0.2, 0.25) is 0 Å². The lowest BCUT2D eigenvalue weighted by molar-refractivity contribution is 0.229. The van der Waals surface area contributed by atoms with Gasteiger partial charge in [0.25, 0.3) is 0 Å². The number of hydrogen-bond acceptors (Lipinski definition) is 4. The molecule has 1 aromatic carbocycles. The molecule has 0 bridgehead atoms. The quantitative estimate of drug-likeness (QED) is 0.909. The summed E-state index contributed by atoms with van der Waals surface area (Å²) in [6, 6.07) is 10.7. The van der Waals surface area contributed by atoms with Crippen LogP contribution in [0.1, 0.15) is 48.9 Å². The van der Waals surface area contributed by atoms with Crippen molar-refractivity contribution in [2.24, 2.45) is 0 Å². The number of rotatable bonds is 4. The smallest absolute Gasteiger partial charge is 0.315 e. The molecule has 122 valence electrons. The average molecular weight is 314 g/mol. The fourth-order valence-electron chi connectivity index (χ4n) is 3.10. The molecule has 1 saturated carbocycles. The molecule has 0 unspecified atom stereocenters. The highest BCUT2D eigenvalue weighted by Crippen LogP contribution is 2.32. The molecule has 1 aromatic heterocycles. The summed E-state index contributed by atoms with van der Waals surface area (Å²) in [5.41, 5.74) is 1.40. The van der Waals surface area contributed by atoms with Crippen LogP contribution < -0.4 is 10.6 Å². The van der Waals surface area contributed by atoms with Crippen molar-refractivity contribution in [3.05, 3.63) is 47.6 Å². The number of nitrogens with one attached hydrogen (secondary N) is 2. The minimum Gasteiger partial charge on any atom is -0.337 e. The number of urea groups is 1. The van der Waals surface area contributed by atoms with Gasteiger partial charge in [-0.05, 0) is 44.1 Å². The van der Waals surface area contributed by atoms with Crippen molar-refractivity contribution in [3.63, 3.8) is 0 Å². The number of nitrogens with zero attached hydrogens (tertiary/aromatic N) is 2. The average Bonchev–Trinajstić information content (AvgIpc) is 3.00. The van der Waals surface area contributed by atoms with Crippen molar-refractivity contribution in [1.82, 2.24) is 20.8 Å². The largest absolute Gasteiger partial charge is 0.337 e. The van der Waals surface area contributed by atoms with Crippen molar-refractivity contribution in [1.29, 1.82) is 0 Å². The van der Waals surface area contributed by atoms with Crippen LogP contribution in [0.15, 0.2) is 34.9 Å². The molecule has 0 saturated heterocycles. The van der Waals surface area contributed by atoms with Gasteiger partial charge in [-0.3, -0.25) is 0 Å². The van der Waals surface area contributed by atoms with Gasteiger partial charge in [0.15, 0.2) is 5.82 Å². The highest BCUT2D eigenvalue weighted by atomic mass is 16.5. The molecule has 6 nitrogen and oxygen atoms in total. The molecule has 2 amide bonds. The second-order valence-electron chi connectivity index (χ2n) is 6.02. The van der Waals surface area contributed by atoms with Crippen LogP contribution >= 0.6 is 0 Å². The third-order valence-corrected chi connectivity index (χ3v) is 4.30. The van der Waals surface area contributed by atoms with Crippen molar-refractivity contribution in [3.8, 4) is 0 Å². The molecule has 0 radical (unpaired) electrons. The maximum absolute atomic E-state index is 11.9. The van der Waals surface area contributed by atoms with Crippen molar-refractivity contribution in [2.75, 3.05) is 0 Å². The van der Waals surface area contributed by atoms with E-state index in [2.05, 4.69) is 45.0 Å². The van der Waals surface area contributed by atoms with Crippen molar-refractivity contribution < 1.29 is 9.32 Å². The standard InChI is InChI=1S/C17H22N4O2/c1-12-19-16(23-21-12)11-18-17(22)20-15-9-7-14(8-10-15)13-5-3-2-4-6-13/h2-6,14-15H,7-11H2,1H3,(H2,18,20,22). The minimum absolute atomic E-state index is 0.177. The fraction of sp³-hybridized carbons (Fsp3) is 0.471. The van der Waals surface area contributed by atoms with E-state index >= 15 is 0 Å². The Balaban J connectivity index is 1.41. The molecule has 1 fully saturated rings. The highest BCUT2D eigenvalue weighted by Gasteiger charge is 2.23. The number of aromatic nitrogens is 2. The first-order valence-electron chi connectivity index (χ1n) is 8.09. The highest BCUT2D eigenvalue weighted by molar-refractivity contribution is 5.74. The molecule has 1 aliphatic rings. The molecule has 0 spiro atoms. The van der Waals surface area contributed by atoms with Gasteiger partial charge in [-0.25, -0.2) is 4.79 Å². The summed E-state index contributed by atoms with van der Waals surface area (Å²) in [5, 5.41) is 9.47.